The molecule has 0 aromatic heterocycles. The molecule has 1 saturated heterocycles. The van der Waals surface area contributed by atoms with Crippen LogP contribution >= 0.6 is 0 Å². The molecule has 10 heteroatoms. The SMILES string of the molecule is Cc1ccc(S(=O)(=O)N2CCN(C(=O)c3ccc(CN(c4ccc(C)c(C)c4)S(C)(=O)=O)cc3)CC2)cc1. The zero-order valence-electron chi connectivity index (χ0n) is 22.1. The van der Waals surface area contributed by atoms with Crippen LogP contribution in [0.3, 0.4) is 0 Å². The van der Waals surface area contributed by atoms with E-state index in [4.69, 9.17) is 0 Å². The predicted octanol–water partition coefficient (Wildman–Crippen LogP) is 3.72. The number of carbonyl (C=O) groups is 1. The first kappa shape index (κ1) is 27.8. The first-order chi connectivity index (χ1) is 17.9. The van der Waals surface area contributed by atoms with Crippen molar-refractivity contribution in [1.29, 1.82) is 0 Å². The minimum atomic E-state index is -3.61. The van der Waals surface area contributed by atoms with Crippen LogP contribution in [-0.2, 0) is 26.6 Å². The smallest absolute Gasteiger partial charge is 0.253 e. The number of sulfonamides is 2. The van der Waals surface area contributed by atoms with Gasteiger partial charge in [0.05, 0.1) is 23.4 Å². The number of benzene rings is 3. The van der Waals surface area contributed by atoms with Crippen LogP contribution in [0.4, 0.5) is 5.69 Å². The highest BCUT2D eigenvalue weighted by molar-refractivity contribution is 7.92. The van der Waals surface area contributed by atoms with Crippen molar-refractivity contribution in [3.63, 3.8) is 0 Å². The van der Waals surface area contributed by atoms with Gasteiger partial charge in [0.15, 0.2) is 0 Å². The van der Waals surface area contributed by atoms with E-state index in [1.807, 2.05) is 32.9 Å². The summed E-state index contributed by atoms with van der Waals surface area (Å²) in [6.07, 6.45) is 1.18. The molecule has 0 unspecified atom stereocenters. The number of rotatable bonds is 7. The highest BCUT2D eigenvalue weighted by Gasteiger charge is 2.30. The molecular formula is C28H33N3O5S2. The molecule has 0 bridgehead atoms. The molecule has 0 saturated carbocycles. The fraction of sp³-hybridized carbons (Fsp3) is 0.321. The number of hydrogen-bond donors (Lipinski definition) is 0. The number of anilines is 1. The van der Waals surface area contributed by atoms with Gasteiger partial charge in [-0.3, -0.25) is 9.10 Å². The lowest BCUT2D eigenvalue weighted by molar-refractivity contribution is 0.0698. The maximum Gasteiger partial charge on any atom is 0.253 e. The van der Waals surface area contributed by atoms with Crippen LogP contribution in [0, 0.1) is 20.8 Å². The van der Waals surface area contributed by atoms with Crippen molar-refractivity contribution in [2.75, 3.05) is 36.7 Å². The summed E-state index contributed by atoms with van der Waals surface area (Å²) >= 11 is 0. The van der Waals surface area contributed by atoms with E-state index >= 15 is 0 Å². The van der Waals surface area contributed by atoms with Crippen LogP contribution < -0.4 is 4.31 Å². The molecule has 4 rings (SSSR count). The molecule has 3 aromatic carbocycles. The van der Waals surface area contributed by atoms with E-state index in [9.17, 15) is 21.6 Å². The summed E-state index contributed by atoms with van der Waals surface area (Å²) in [7, 11) is -7.13. The van der Waals surface area contributed by atoms with Crippen LogP contribution in [0.1, 0.15) is 32.6 Å². The van der Waals surface area contributed by atoms with E-state index < -0.39 is 20.0 Å². The van der Waals surface area contributed by atoms with E-state index in [1.54, 1.807) is 59.5 Å². The van der Waals surface area contributed by atoms with Crippen LogP contribution in [0.5, 0.6) is 0 Å². The van der Waals surface area contributed by atoms with E-state index in [0.29, 0.717) is 24.3 Å². The lowest BCUT2D eigenvalue weighted by Crippen LogP contribution is -2.50. The van der Waals surface area contributed by atoms with Crippen molar-refractivity contribution in [1.82, 2.24) is 9.21 Å². The van der Waals surface area contributed by atoms with Crippen molar-refractivity contribution >= 4 is 31.6 Å². The predicted molar refractivity (Wildman–Crippen MR) is 149 cm³/mol. The molecule has 1 amide bonds. The average Bonchev–Trinajstić information content (AvgIpc) is 2.88. The van der Waals surface area contributed by atoms with Crippen molar-refractivity contribution < 1.29 is 21.6 Å². The Kier molecular flexibility index (Phi) is 7.96. The van der Waals surface area contributed by atoms with Gasteiger partial charge in [0, 0.05) is 31.7 Å². The van der Waals surface area contributed by atoms with Crippen molar-refractivity contribution in [2.24, 2.45) is 0 Å². The van der Waals surface area contributed by atoms with Gasteiger partial charge in [0.1, 0.15) is 0 Å². The summed E-state index contributed by atoms with van der Waals surface area (Å²) in [6, 6.07) is 19.2. The Balaban J connectivity index is 1.42. The number of nitrogens with zero attached hydrogens (tertiary/aromatic N) is 3. The largest absolute Gasteiger partial charge is 0.336 e. The fourth-order valence-corrected chi connectivity index (χ4v) is 6.68. The quantitative estimate of drug-likeness (QED) is 0.443. The van der Waals surface area contributed by atoms with Crippen LogP contribution in [0.2, 0.25) is 0 Å². The highest BCUT2D eigenvalue weighted by atomic mass is 32.2. The van der Waals surface area contributed by atoms with Gasteiger partial charge in [0.2, 0.25) is 20.0 Å². The normalized spacial score (nSPS) is 14.9. The second kappa shape index (κ2) is 10.9. The molecule has 0 radical (unpaired) electrons. The minimum absolute atomic E-state index is 0.144. The highest BCUT2D eigenvalue weighted by Crippen LogP contribution is 2.24. The lowest BCUT2D eigenvalue weighted by atomic mass is 10.1. The van der Waals surface area contributed by atoms with E-state index in [-0.39, 0.29) is 30.4 Å². The number of hydrogen-bond acceptors (Lipinski definition) is 5. The first-order valence-corrected chi connectivity index (χ1v) is 15.6. The van der Waals surface area contributed by atoms with Crippen molar-refractivity contribution in [2.45, 2.75) is 32.2 Å². The third-order valence-corrected chi connectivity index (χ3v) is 9.94. The van der Waals surface area contributed by atoms with E-state index in [2.05, 4.69) is 0 Å². The van der Waals surface area contributed by atoms with Gasteiger partial charge < -0.3 is 4.90 Å². The topological polar surface area (TPSA) is 95.1 Å². The van der Waals surface area contributed by atoms with Crippen molar-refractivity contribution in [3.05, 3.63) is 94.5 Å². The third kappa shape index (κ3) is 6.09. The van der Waals surface area contributed by atoms with Crippen LogP contribution in [-0.4, -0.2) is 64.4 Å². The summed E-state index contributed by atoms with van der Waals surface area (Å²) < 4.78 is 53.7. The Bertz CT molecular complexity index is 1530. The number of piperazine rings is 1. The number of carbonyl (C=O) groups excluding carboxylic acids is 1. The Labute approximate surface area is 225 Å². The van der Waals surface area contributed by atoms with Gasteiger partial charge in [-0.25, -0.2) is 16.8 Å². The molecule has 0 N–H and O–H groups in total. The maximum atomic E-state index is 13.1. The molecule has 8 nitrogen and oxygen atoms in total. The Morgan fingerprint density at radius 2 is 1.39 bits per heavy atom. The molecule has 0 spiro atoms. The van der Waals surface area contributed by atoms with Gasteiger partial charge >= 0.3 is 0 Å². The molecule has 1 aliphatic heterocycles. The Hall–Kier alpha value is -3.21. The Morgan fingerprint density at radius 1 is 0.789 bits per heavy atom. The standard InChI is InChI=1S/C28H33N3O5S2/c1-21-5-13-27(14-6-21)38(35,36)30-17-15-29(16-18-30)28(32)25-10-8-24(9-11-25)20-31(37(4,33)34)26-12-7-22(2)23(3)19-26/h5-14,19H,15-18,20H2,1-4H3. The zero-order chi connectivity index (χ0) is 27.7. The molecule has 1 aliphatic rings. The second-order valence-electron chi connectivity index (χ2n) is 9.74. The second-order valence-corrected chi connectivity index (χ2v) is 13.6. The fourth-order valence-electron chi connectivity index (χ4n) is 4.37. The summed E-state index contributed by atoms with van der Waals surface area (Å²) in [4.78, 5) is 15.0. The summed E-state index contributed by atoms with van der Waals surface area (Å²) in [5.41, 5.74) is 4.89. The van der Waals surface area contributed by atoms with Gasteiger partial charge in [-0.2, -0.15) is 4.31 Å². The number of amides is 1. The van der Waals surface area contributed by atoms with Gasteiger partial charge in [-0.1, -0.05) is 35.9 Å². The summed E-state index contributed by atoms with van der Waals surface area (Å²) in [5.74, 6) is -0.182. The molecule has 202 valence electrons. The molecule has 38 heavy (non-hydrogen) atoms. The van der Waals surface area contributed by atoms with Crippen LogP contribution in [0.15, 0.2) is 71.6 Å². The van der Waals surface area contributed by atoms with E-state index in [1.165, 1.54) is 14.9 Å². The van der Waals surface area contributed by atoms with Crippen LogP contribution in [0.25, 0.3) is 0 Å². The molecule has 0 aliphatic carbocycles. The number of aryl methyl sites for hydroxylation is 3. The van der Waals surface area contributed by atoms with Crippen molar-refractivity contribution in [3.8, 4) is 0 Å². The third-order valence-electron chi connectivity index (χ3n) is 6.89. The summed E-state index contributed by atoms with van der Waals surface area (Å²) in [6.45, 7) is 6.99. The lowest BCUT2D eigenvalue weighted by Gasteiger charge is -2.34. The molecule has 3 aromatic rings. The molecule has 0 atom stereocenters. The molecular weight excluding hydrogens is 522 g/mol. The zero-order valence-corrected chi connectivity index (χ0v) is 23.7. The summed E-state index contributed by atoms with van der Waals surface area (Å²) in [5, 5.41) is 0. The minimum Gasteiger partial charge on any atom is -0.336 e. The Morgan fingerprint density at radius 3 is 1.95 bits per heavy atom. The van der Waals surface area contributed by atoms with Gasteiger partial charge in [-0.05, 0) is 73.9 Å². The molecule has 1 heterocycles. The van der Waals surface area contributed by atoms with Gasteiger partial charge in [-0.15, -0.1) is 0 Å². The molecule has 1 fully saturated rings. The van der Waals surface area contributed by atoms with Gasteiger partial charge in [0.25, 0.3) is 5.91 Å². The maximum absolute atomic E-state index is 13.1. The first-order valence-electron chi connectivity index (χ1n) is 12.4. The average molecular weight is 556 g/mol. The monoisotopic (exact) mass is 555 g/mol. The van der Waals surface area contributed by atoms with E-state index in [0.717, 1.165) is 22.3 Å².